The highest BCUT2D eigenvalue weighted by molar-refractivity contribution is 7.09. The van der Waals surface area contributed by atoms with Gasteiger partial charge in [-0.3, -0.25) is 4.79 Å². The Kier molecular flexibility index (Phi) is 7.14. The SMILES string of the molecule is Cc1nc(CN(C(=O)Cc2csc(COc3ccc(Cl)cc3)n2)c2ccc(F)cc2)cs1. The van der Waals surface area contributed by atoms with Crippen molar-refractivity contribution in [1.82, 2.24) is 9.97 Å². The summed E-state index contributed by atoms with van der Waals surface area (Å²) in [5.74, 6) is 0.205. The van der Waals surface area contributed by atoms with Crippen LogP contribution in [-0.2, 0) is 24.4 Å². The highest BCUT2D eigenvalue weighted by Crippen LogP contribution is 2.22. The van der Waals surface area contributed by atoms with Crippen LogP contribution in [0.3, 0.4) is 0 Å². The molecule has 5 nitrogen and oxygen atoms in total. The number of halogens is 2. The Morgan fingerprint density at radius 3 is 2.44 bits per heavy atom. The molecule has 2 aromatic heterocycles. The van der Waals surface area contributed by atoms with Gasteiger partial charge in [0.1, 0.15) is 23.2 Å². The molecule has 32 heavy (non-hydrogen) atoms. The van der Waals surface area contributed by atoms with E-state index in [0.717, 1.165) is 15.7 Å². The van der Waals surface area contributed by atoms with Crippen molar-refractivity contribution in [3.05, 3.63) is 91.5 Å². The zero-order valence-electron chi connectivity index (χ0n) is 17.1. The zero-order valence-corrected chi connectivity index (χ0v) is 19.5. The van der Waals surface area contributed by atoms with Crippen LogP contribution in [0.15, 0.2) is 59.3 Å². The minimum Gasteiger partial charge on any atom is -0.486 e. The van der Waals surface area contributed by atoms with Crippen molar-refractivity contribution in [1.29, 1.82) is 0 Å². The average Bonchev–Trinajstić information content (AvgIpc) is 3.41. The van der Waals surface area contributed by atoms with Gasteiger partial charge in [0, 0.05) is 21.5 Å². The third-order valence-corrected chi connectivity index (χ3v) is 6.48. The van der Waals surface area contributed by atoms with Crippen LogP contribution < -0.4 is 9.64 Å². The first-order valence-corrected chi connectivity index (χ1v) is 11.9. The van der Waals surface area contributed by atoms with Gasteiger partial charge in [0.2, 0.25) is 5.91 Å². The number of carbonyl (C=O) groups is 1. The summed E-state index contributed by atoms with van der Waals surface area (Å²) >= 11 is 8.85. The molecule has 0 N–H and O–H groups in total. The van der Waals surface area contributed by atoms with Crippen LogP contribution in [0.5, 0.6) is 5.75 Å². The maximum atomic E-state index is 13.4. The molecular weight excluding hydrogens is 469 g/mol. The van der Waals surface area contributed by atoms with E-state index in [2.05, 4.69) is 9.97 Å². The van der Waals surface area contributed by atoms with Gasteiger partial charge in [0.05, 0.1) is 29.4 Å². The van der Waals surface area contributed by atoms with Crippen LogP contribution >= 0.6 is 34.3 Å². The number of nitrogens with zero attached hydrogens (tertiary/aromatic N) is 3. The van der Waals surface area contributed by atoms with Crippen LogP contribution in [-0.4, -0.2) is 15.9 Å². The number of amides is 1. The highest BCUT2D eigenvalue weighted by Gasteiger charge is 2.19. The predicted octanol–water partition coefficient (Wildman–Crippen LogP) is 6.06. The van der Waals surface area contributed by atoms with Gasteiger partial charge in [-0.25, -0.2) is 14.4 Å². The molecular formula is C23H19ClFN3O2S2. The van der Waals surface area contributed by atoms with E-state index < -0.39 is 0 Å². The lowest BCUT2D eigenvalue weighted by atomic mass is 10.2. The first kappa shape index (κ1) is 22.4. The van der Waals surface area contributed by atoms with Crippen molar-refractivity contribution in [3.63, 3.8) is 0 Å². The summed E-state index contributed by atoms with van der Waals surface area (Å²) in [6.07, 6.45) is 0.123. The molecule has 9 heteroatoms. The lowest BCUT2D eigenvalue weighted by Crippen LogP contribution is -2.32. The smallest absolute Gasteiger partial charge is 0.233 e. The number of thiazole rings is 2. The summed E-state index contributed by atoms with van der Waals surface area (Å²) in [6, 6.07) is 13.0. The molecule has 0 spiro atoms. The quantitative estimate of drug-likeness (QED) is 0.303. The normalized spacial score (nSPS) is 10.8. The number of hydrogen-bond donors (Lipinski definition) is 0. The summed E-state index contributed by atoms with van der Waals surface area (Å²) in [5.41, 5.74) is 2.07. The van der Waals surface area contributed by atoms with Crippen LogP contribution in [0.4, 0.5) is 10.1 Å². The van der Waals surface area contributed by atoms with E-state index in [0.29, 0.717) is 35.3 Å². The predicted molar refractivity (Wildman–Crippen MR) is 126 cm³/mol. The molecule has 0 aliphatic heterocycles. The minimum absolute atomic E-state index is 0.123. The lowest BCUT2D eigenvalue weighted by Gasteiger charge is -2.22. The van der Waals surface area contributed by atoms with Crippen molar-refractivity contribution < 1.29 is 13.9 Å². The van der Waals surface area contributed by atoms with Crippen molar-refractivity contribution in [2.75, 3.05) is 4.90 Å². The Hall–Kier alpha value is -2.81. The van der Waals surface area contributed by atoms with E-state index in [9.17, 15) is 9.18 Å². The molecule has 2 aromatic carbocycles. The van der Waals surface area contributed by atoms with E-state index in [1.165, 1.54) is 34.8 Å². The second-order valence-corrected chi connectivity index (χ2v) is 9.41. The third kappa shape index (κ3) is 5.91. The number of carbonyl (C=O) groups excluding carboxylic acids is 1. The Labute approximate surface area is 198 Å². The number of benzene rings is 2. The Balaban J connectivity index is 1.44. The summed E-state index contributed by atoms with van der Waals surface area (Å²) in [4.78, 5) is 23.8. The van der Waals surface area contributed by atoms with Gasteiger partial charge in [0.25, 0.3) is 0 Å². The van der Waals surface area contributed by atoms with Crippen LogP contribution in [0.2, 0.25) is 5.02 Å². The fraction of sp³-hybridized carbons (Fsp3) is 0.174. The molecule has 0 saturated carbocycles. The van der Waals surface area contributed by atoms with E-state index >= 15 is 0 Å². The molecule has 0 radical (unpaired) electrons. The van der Waals surface area contributed by atoms with E-state index in [1.807, 2.05) is 17.7 Å². The second-order valence-electron chi connectivity index (χ2n) is 6.97. The fourth-order valence-corrected chi connectivity index (χ4v) is 4.44. The highest BCUT2D eigenvalue weighted by atomic mass is 35.5. The van der Waals surface area contributed by atoms with Crippen molar-refractivity contribution in [2.24, 2.45) is 0 Å². The molecule has 1 amide bonds. The minimum atomic E-state index is -0.351. The van der Waals surface area contributed by atoms with Gasteiger partial charge >= 0.3 is 0 Å². The molecule has 0 aliphatic rings. The van der Waals surface area contributed by atoms with Crippen molar-refractivity contribution in [2.45, 2.75) is 26.5 Å². The van der Waals surface area contributed by atoms with Crippen LogP contribution in [0.1, 0.15) is 21.4 Å². The van der Waals surface area contributed by atoms with E-state index in [4.69, 9.17) is 16.3 Å². The molecule has 0 fully saturated rings. The number of aromatic nitrogens is 2. The largest absolute Gasteiger partial charge is 0.486 e. The molecule has 4 rings (SSSR count). The summed E-state index contributed by atoms with van der Waals surface area (Å²) in [7, 11) is 0. The first-order chi connectivity index (χ1) is 15.5. The fourth-order valence-electron chi connectivity index (χ4n) is 3.01. The monoisotopic (exact) mass is 487 g/mol. The number of aryl methyl sites for hydroxylation is 1. The standard InChI is InChI=1S/C23H19ClFN3O2S2/c1-15-26-19(14-31-15)11-28(20-6-4-17(25)5-7-20)23(29)10-18-13-32-22(27-18)12-30-21-8-2-16(24)3-9-21/h2-9,13-14H,10-12H2,1H3. The summed E-state index contributed by atoms with van der Waals surface area (Å²) < 4.78 is 19.1. The summed E-state index contributed by atoms with van der Waals surface area (Å²) in [6.45, 7) is 2.53. The number of rotatable bonds is 8. The van der Waals surface area contributed by atoms with Crippen LogP contribution in [0, 0.1) is 12.7 Å². The van der Waals surface area contributed by atoms with E-state index in [-0.39, 0.29) is 18.1 Å². The Morgan fingerprint density at radius 2 is 1.75 bits per heavy atom. The Morgan fingerprint density at radius 1 is 1.03 bits per heavy atom. The van der Waals surface area contributed by atoms with E-state index in [1.54, 1.807) is 41.3 Å². The number of ether oxygens (including phenoxy) is 1. The number of anilines is 1. The molecule has 4 aromatic rings. The maximum Gasteiger partial charge on any atom is 0.233 e. The van der Waals surface area contributed by atoms with Crippen LogP contribution in [0.25, 0.3) is 0 Å². The lowest BCUT2D eigenvalue weighted by molar-refractivity contribution is -0.118. The third-order valence-electron chi connectivity index (χ3n) is 4.53. The van der Waals surface area contributed by atoms with Gasteiger partial charge in [-0.15, -0.1) is 22.7 Å². The molecule has 0 unspecified atom stereocenters. The first-order valence-electron chi connectivity index (χ1n) is 9.75. The van der Waals surface area contributed by atoms with Crippen molar-refractivity contribution >= 4 is 45.9 Å². The molecule has 0 aliphatic carbocycles. The van der Waals surface area contributed by atoms with Gasteiger partial charge in [-0.05, 0) is 55.5 Å². The zero-order chi connectivity index (χ0) is 22.5. The average molecular weight is 488 g/mol. The van der Waals surface area contributed by atoms with Gasteiger partial charge in [-0.2, -0.15) is 0 Å². The van der Waals surface area contributed by atoms with Gasteiger partial charge in [-0.1, -0.05) is 11.6 Å². The Bertz CT molecular complexity index is 1190. The second kappa shape index (κ2) is 10.2. The maximum absolute atomic E-state index is 13.4. The number of hydrogen-bond acceptors (Lipinski definition) is 6. The molecule has 164 valence electrons. The van der Waals surface area contributed by atoms with Gasteiger partial charge < -0.3 is 9.64 Å². The molecule has 2 heterocycles. The molecule has 0 atom stereocenters. The van der Waals surface area contributed by atoms with Gasteiger partial charge in [0.15, 0.2) is 0 Å². The topological polar surface area (TPSA) is 55.3 Å². The molecule has 0 saturated heterocycles. The molecule has 0 bridgehead atoms. The van der Waals surface area contributed by atoms with Crippen molar-refractivity contribution in [3.8, 4) is 5.75 Å². The summed E-state index contributed by atoms with van der Waals surface area (Å²) in [5, 5.41) is 6.12.